The third-order valence-electron chi connectivity index (χ3n) is 4.01. The predicted octanol–water partition coefficient (Wildman–Crippen LogP) is 4.09. The van der Waals surface area contributed by atoms with Crippen LogP contribution in [0.4, 0.5) is 0 Å². The van der Waals surface area contributed by atoms with Crippen LogP contribution in [0.25, 0.3) is 0 Å². The van der Waals surface area contributed by atoms with E-state index < -0.39 is 0 Å². The molecule has 0 amide bonds. The lowest BCUT2D eigenvalue weighted by molar-refractivity contribution is 0.00491. The first-order valence-electron chi connectivity index (χ1n) is 8.41. The van der Waals surface area contributed by atoms with Gasteiger partial charge in [-0.25, -0.2) is 0 Å². The van der Waals surface area contributed by atoms with Crippen LogP contribution in [0.2, 0.25) is 0 Å². The summed E-state index contributed by atoms with van der Waals surface area (Å²) in [6.45, 7) is 6.89. The molecule has 1 aromatic carbocycles. The summed E-state index contributed by atoms with van der Waals surface area (Å²) >= 11 is 0. The van der Waals surface area contributed by atoms with E-state index in [2.05, 4.69) is 30.4 Å². The van der Waals surface area contributed by atoms with Crippen molar-refractivity contribution in [2.75, 3.05) is 19.8 Å². The van der Waals surface area contributed by atoms with E-state index in [0.717, 1.165) is 31.7 Å². The first-order chi connectivity index (χ1) is 10.3. The standard InChI is InChI=1S/C18H29NO2/c1-3-12-19-17(14-15-9-7-8-13-21-15)16-10-5-6-11-18(16)20-4-2/h5-6,10-11,15,17,19H,3-4,7-9,12-14H2,1-2H3. The summed E-state index contributed by atoms with van der Waals surface area (Å²) in [6, 6.07) is 8.71. The number of hydrogen-bond acceptors (Lipinski definition) is 3. The normalized spacial score (nSPS) is 20.2. The van der Waals surface area contributed by atoms with Crippen LogP contribution >= 0.6 is 0 Å². The van der Waals surface area contributed by atoms with E-state index in [1.165, 1.54) is 24.8 Å². The molecule has 0 bridgehead atoms. The number of ether oxygens (including phenoxy) is 2. The molecular weight excluding hydrogens is 262 g/mol. The van der Waals surface area contributed by atoms with Gasteiger partial charge in [0, 0.05) is 18.2 Å². The molecule has 0 aliphatic carbocycles. The fourth-order valence-electron chi connectivity index (χ4n) is 2.95. The minimum Gasteiger partial charge on any atom is -0.494 e. The summed E-state index contributed by atoms with van der Waals surface area (Å²) in [6.07, 6.45) is 6.23. The van der Waals surface area contributed by atoms with E-state index in [1.54, 1.807) is 0 Å². The number of nitrogens with one attached hydrogen (secondary N) is 1. The molecule has 1 saturated heterocycles. The van der Waals surface area contributed by atoms with E-state index in [9.17, 15) is 0 Å². The lowest BCUT2D eigenvalue weighted by atomic mass is 9.96. The van der Waals surface area contributed by atoms with Gasteiger partial charge in [0.05, 0.1) is 12.7 Å². The maximum absolute atomic E-state index is 5.93. The minimum absolute atomic E-state index is 0.316. The lowest BCUT2D eigenvalue weighted by Gasteiger charge is -2.28. The monoisotopic (exact) mass is 291 g/mol. The second-order valence-electron chi connectivity index (χ2n) is 5.70. The maximum atomic E-state index is 5.93. The minimum atomic E-state index is 0.316. The lowest BCUT2D eigenvalue weighted by Crippen LogP contribution is -2.29. The Hall–Kier alpha value is -1.06. The van der Waals surface area contributed by atoms with Gasteiger partial charge >= 0.3 is 0 Å². The van der Waals surface area contributed by atoms with Crippen molar-refractivity contribution in [2.45, 2.75) is 58.1 Å². The molecule has 1 N–H and O–H groups in total. The molecule has 1 heterocycles. The van der Waals surface area contributed by atoms with Crippen molar-refractivity contribution in [1.29, 1.82) is 0 Å². The quantitative estimate of drug-likeness (QED) is 0.782. The molecule has 1 aliphatic rings. The highest BCUT2D eigenvalue weighted by Gasteiger charge is 2.22. The summed E-state index contributed by atoms with van der Waals surface area (Å²) in [7, 11) is 0. The van der Waals surface area contributed by atoms with Gasteiger partial charge in [-0.3, -0.25) is 0 Å². The van der Waals surface area contributed by atoms with Crippen molar-refractivity contribution in [3.63, 3.8) is 0 Å². The third kappa shape index (κ3) is 5.01. The Bertz CT molecular complexity index is 402. The van der Waals surface area contributed by atoms with Gasteiger partial charge in [-0.05, 0) is 51.6 Å². The first kappa shape index (κ1) is 16.3. The molecule has 118 valence electrons. The van der Waals surface area contributed by atoms with Gasteiger partial charge in [-0.2, -0.15) is 0 Å². The van der Waals surface area contributed by atoms with Crippen molar-refractivity contribution in [3.05, 3.63) is 29.8 Å². The van der Waals surface area contributed by atoms with Crippen LogP contribution in [-0.4, -0.2) is 25.9 Å². The molecule has 0 saturated carbocycles. The average molecular weight is 291 g/mol. The molecule has 2 atom stereocenters. The number of benzene rings is 1. The van der Waals surface area contributed by atoms with Gasteiger partial charge < -0.3 is 14.8 Å². The second kappa shape index (κ2) is 9.06. The van der Waals surface area contributed by atoms with E-state index >= 15 is 0 Å². The van der Waals surface area contributed by atoms with Crippen molar-refractivity contribution in [1.82, 2.24) is 5.32 Å². The molecule has 3 heteroatoms. The van der Waals surface area contributed by atoms with Crippen LogP contribution in [0.1, 0.15) is 57.6 Å². The number of para-hydroxylation sites is 1. The average Bonchev–Trinajstić information content (AvgIpc) is 2.53. The zero-order valence-corrected chi connectivity index (χ0v) is 13.4. The maximum Gasteiger partial charge on any atom is 0.124 e. The van der Waals surface area contributed by atoms with Gasteiger partial charge in [-0.15, -0.1) is 0 Å². The molecule has 0 spiro atoms. The predicted molar refractivity (Wildman–Crippen MR) is 86.9 cm³/mol. The van der Waals surface area contributed by atoms with Gasteiger partial charge in [0.1, 0.15) is 5.75 Å². The molecule has 0 radical (unpaired) electrons. The molecule has 1 aliphatic heterocycles. The Balaban J connectivity index is 2.10. The molecular formula is C18H29NO2. The Labute approximate surface area is 129 Å². The smallest absolute Gasteiger partial charge is 0.124 e. The van der Waals surface area contributed by atoms with Gasteiger partial charge in [0.2, 0.25) is 0 Å². The van der Waals surface area contributed by atoms with Crippen LogP contribution in [0.5, 0.6) is 5.75 Å². The fourth-order valence-corrected chi connectivity index (χ4v) is 2.95. The van der Waals surface area contributed by atoms with Crippen molar-refractivity contribution < 1.29 is 9.47 Å². The zero-order valence-electron chi connectivity index (χ0n) is 13.4. The molecule has 3 nitrogen and oxygen atoms in total. The SMILES string of the molecule is CCCNC(CC1CCCCO1)c1ccccc1OCC. The van der Waals surface area contributed by atoms with E-state index in [0.29, 0.717) is 18.8 Å². The second-order valence-corrected chi connectivity index (χ2v) is 5.70. The van der Waals surface area contributed by atoms with Crippen LogP contribution < -0.4 is 10.1 Å². The summed E-state index contributed by atoms with van der Waals surface area (Å²) < 4.78 is 11.7. The molecule has 1 fully saturated rings. The van der Waals surface area contributed by atoms with Crippen molar-refractivity contribution in [2.24, 2.45) is 0 Å². The van der Waals surface area contributed by atoms with E-state index in [-0.39, 0.29) is 0 Å². The topological polar surface area (TPSA) is 30.5 Å². The highest BCUT2D eigenvalue weighted by molar-refractivity contribution is 5.36. The van der Waals surface area contributed by atoms with Crippen LogP contribution in [0.15, 0.2) is 24.3 Å². The van der Waals surface area contributed by atoms with Crippen molar-refractivity contribution in [3.8, 4) is 5.75 Å². The van der Waals surface area contributed by atoms with Crippen molar-refractivity contribution >= 4 is 0 Å². The molecule has 2 rings (SSSR count). The molecule has 2 unspecified atom stereocenters. The summed E-state index contributed by atoms with van der Waals surface area (Å²) in [5, 5.41) is 3.67. The fraction of sp³-hybridized carbons (Fsp3) is 0.667. The largest absolute Gasteiger partial charge is 0.494 e. The zero-order chi connectivity index (χ0) is 14.9. The van der Waals surface area contributed by atoms with E-state index in [1.807, 2.05) is 13.0 Å². The summed E-state index contributed by atoms with van der Waals surface area (Å²) in [5.41, 5.74) is 1.27. The highest BCUT2D eigenvalue weighted by Crippen LogP contribution is 2.30. The molecule has 0 aromatic heterocycles. The summed E-state index contributed by atoms with van der Waals surface area (Å²) in [4.78, 5) is 0. The van der Waals surface area contributed by atoms with Crippen LogP contribution in [-0.2, 0) is 4.74 Å². The van der Waals surface area contributed by atoms with E-state index in [4.69, 9.17) is 9.47 Å². The van der Waals surface area contributed by atoms with Crippen LogP contribution in [0, 0.1) is 0 Å². The Morgan fingerprint density at radius 1 is 1.29 bits per heavy atom. The summed E-state index contributed by atoms with van der Waals surface area (Å²) in [5.74, 6) is 1.00. The van der Waals surface area contributed by atoms with Crippen LogP contribution in [0.3, 0.4) is 0 Å². The Morgan fingerprint density at radius 2 is 2.14 bits per heavy atom. The number of rotatable bonds is 8. The Morgan fingerprint density at radius 3 is 2.86 bits per heavy atom. The third-order valence-corrected chi connectivity index (χ3v) is 4.01. The number of hydrogen-bond donors (Lipinski definition) is 1. The molecule has 1 aromatic rings. The molecule has 21 heavy (non-hydrogen) atoms. The first-order valence-corrected chi connectivity index (χ1v) is 8.41. The van der Waals surface area contributed by atoms with Gasteiger partial charge in [0.25, 0.3) is 0 Å². The highest BCUT2D eigenvalue weighted by atomic mass is 16.5. The van der Waals surface area contributed by atoms with Gasteiger partial charge in [0.15, 0.2) is 0 Å². The Kier molecular flexibility index (Phi) is 7.04. The van der Waals surface area contributed by atoms with Gasteiger partial charge in [-0.1, -0.05) is 25.1 Å².